The molecule has 148 valence electrons. The van der Waals surface area contributed by atoms with Crippen LogP contribution in [0.5, 0.6) is 0 Å². The van der Waals surface area contributed by atoms with E-state index in [1.54, 1.807) is 28.6 Å². The summed E-state index contributed by atoms with van der Waals surface area (Å²) in [6.45, 7) is 5.00. The molecule has 0 spiro atoms. The zero-order valence-electron chi connectivity index (χ0n) is 16.0. The van der Waals surface area contributed by atoms with Crippen molar-refractivity contribution in [3.8, 4) is 17.5 Å². The first-order valence-corrected chi connectivity index (χ1v) is 11.2. The maximum Gasteiger partial charge on any atom is 0.243 e. The Labute approximate surface area is 165 Å². The fourth-order valence-corrected chi connectivity index (χ4v) is 5.26. The highest BCUT2D eigenvalue weighted by Crippen LogP contribution is 2.31. The van der Waals surface area contributed by atoms with Crippen LogP contribution >= 0.6 is 0 Å². The molecule has 2 aromatic rings. The van der Waals surface area contributed by atoms with Crippen molar-refractivity contribution >= 4 is 15.9 Å². The first-order chi connectivity index (χ1) is 13.5. The number of hydrogen-bond acceptors (Lipinski definition) is 6. The lowest BCUT2D eigenvalue weighted by Gasteiger charge is -2.29. The first-order valence-electron chi connectivity index (χ1n) is 9.75. The van der Waals surface area contributed by atoms with Crippen LogP contribution in [0.3, 0.4) is 0 Å². The van der Waals surface area contributed by atoms with E-state index in [4.69, 9.17) is 4.42 Å². The number of nitrogens with zero attached hydrogens (tertiary/aromatic N) is 4. The van der Waals surface area contributed by atoms with Gasteiger partial charge in [-0.1, -0.05) is 6.92 Å². The van der Waals surface area contributed by atoms with Crippen LogP contribution in [0.2, 0.25) is 0 Å². The van der Waals surface area contributed by atoms with Crippen LogP contribution in [0, 0.1) is 17.2 Å². The molecule has 28 heavy (non-hydrogen) atoms. The zero-order chi connectivity index (χ0) is 19.7. The number of anilines is 1. The van der Waals surface area contributed by atoms with Gasteiger partial charge in [-0.3, -0.25) is 0 Å². The predicted octanol–water partition coefficient (Wildman–Crippen LogP) is 3.23. The Morgan fingerprint density at radius 3 is 2.36 bits per heavy atom. The highest BCUT2D eigenvalue weighted by atomic mass is 32.2. The third-order valence-electron chi connectivity index (χ3n) is 5.59. The number of oxazole rings is 1. The van der Waals surface area contributed by atoms with Crippen LogP contribution in [-0.2, 0) is 10.0 Å². The molecule has 0 aliphatic carbocycles. The smallest absolute Gasteiger partial charge is 0.243 e. The quantitative estimate of drug-likeness (QED) is 0.783. The lowest BCUT2D eigenvalue weighted by atomic mass is 10.0. The molecule has 1 aromatic heterocycles. The van der Waals surface area contributed by atoms with Crippen LogP contribution in [-0.4, -0.2) is 43.9 Å². The van der Waals surface area contributed by atoms with Gasteiger partial charge in [0.2, 0.25) is 27.5 Å². The maximum absolute atomic E-state index is 12.9. The molecule has 8 heteroatoms. The normalized spacial score (nSPS) is 19.1. The Morgan fingerprint density at radius 1 is 1.11 bits per heavy atom. The zero-order valence-corrected chi connectivity index (χ0v) is 16.8. The Bertz CT molecular complexity index is 977. The fraction of sp³-hybridized carbons (Fsp3) is 0.500. The second-order valence-electron chi connectivity index (χ2n) is 7.59. The molecule has 0 radical (unpaired) electrons. The molecule has 2 aliphatic heterocycles. The topological polar surface area (TPSA) is 90.4 Å². The summed E-state index contributed by atoms with van der Waals surface area (Å²) in [5, 5.41) is 9.37. The predicted molar refractivity (Wildman–Crippen MR) is 105 cm³/mol. The summed E-state index contributed by atoms with van der Waals surface area (Å²) >= 11 is 0. The minimum absolute atomic E-state index is 0.274. The number of hydrogen-bond donors (Lipinski definition) is 0. The molecule has 0 unspecified atom stereocenters. The largest absolute Gasteiger partial charge is 0.419 e. The van der Waals surface area contributed by atoms with E-state index in [-0.39, 0.29) is 10.6 Å². The molecule has 3 heterocycles. The van der Waals surface area contributed by atoms with E-state index in [0.717, 1.165) is 38.8 Å². The van der Waals surface area contributed by atoms with Gasteiger partial charge in [0.15, 0.2) is 0 Å². The van der Waals surface area contributed by atoms with Gasteiger partial charge in [-0.15, -0.1) is 0 Å². The van der Waals surface area contributed by atoms with E-state index < -0.39 is 10.0 Å². The van der Waals surface area contributed by atoms with Gasteiger partial charge >= 0.3 is 0 Å². The van der Waals surface area contributed by atoms with Crippen LogP contribution in [0.25, 0.3) is 11.5 Å². The SMILES string of the molecule is CC1CCN(S(=O)(=O)c2ccc(-c3nc(C#N)c(N4CCCC4)o3)cc2)CC1. The Balaban J connectivity index is 1.57. The van der Waals surface area contributed by atoms with E-state index in [1.807, 2.05) is 4.90 Å². The van der Waals surface area contributed by atoms with Crippen LogP contribution in [0.15, 0.2) is 33.6 Å². The second kappa shape index (κ2) is 7.57. The van der Waals surface area contributed by atoms with Crippen molar-refractivity contribution in [2.45, 2.75) is 37.5 Å². The highest BCUT2D eigenvalue weighted by Gasteiger charge is 2.28. The Kier molecular flexibility index (Phi) is 5.13. The molecule has 0 N–H and O–H groups in total. The van der Waals surface area contributed by atoms with Crippen molar-refractivity contribution in [1.29, 1.82) is 5.26 Å². The third-order valence-corrected chi connectivity index (χ3v) is 7.50. The van der Waals surface area contributed by atoms with Gasteiger partial charge in [0.25, 0.3) is 0 Å². The Morgan fingerprint density at radius 2 is 1.75 bits per heavy atom. The molecule has 7 nitrogen and oxygen atoms in total. The first kappa shape index (κ1) is 19.0. The van der Waals surface area contributed by atoms with Crippen molar-refractivity contribution in [2.24, 2.45) is 5.92 Å². The van der Waals surface area contributed by atoms with E-state index in [0.29, 0.717) is 36.3 Å². The summed E-state index contributed by atoms with van der Waals surface area (Å²) in [5.74, 6) is 1.42. The fourth-order valence-electron chi connectivity index (χ4n) is 3.79. The van der Waals surface area contributed by atoms with Crippen LogP contribution < -0.4 is 4.90 Å². The monoisotopic (exact) mass is 400 g/mol. The average molecular weight is 401 g/mol. The standard InChI is InChI=1S/C20H24N4O3S/c1-15-8-12-24(13-9-15)28(25,26)17-6-4-16(5-7-17)19-22-18(14-21)20(27-19)23-10-2-3-11-23/h4-7,15H,2-3,8-13H2,1H3. The van der Waals surface area contributed by atoms with E-state index in [2.05, 4.69) is 18.0 Å². The van der Waals surface area contributed by atoms with E-state index >= 15 is 0 Å². The van der Waals surface area contributed by atoms with Gasteiger partial charge in [-0.2, -0.15) is 14.6 Å². The van der Waals surface area contributed by atoms with Gasteiger partial charge in [-0.05, 0) is 55.9 Å². The summed E-state index contributed by atoms with van der Waals surface area (Å²) in [5.41, 5.74) is 0.934. The van der Waals surface area contributed by atoms with Gasteiger partial charge in [-0.25, -0.2) is 8.42 Å². The van der Waals surface area contributed by atoms with Crippen molar-refractivity contribution in [3.63, 3.8) is 0 Å². The van der Waals surface area contributed by atoms with Gasteiger partial charge in [0, 0.05) is 31.7 Å². The number of nitriles is 1. The molecule has 2 aliphatic rings. The third kappa shape index (κ3) is 3.52. The van der Waals surface area contributed by atoms with Crippen molar-refractivity contribution in [2.75, 3.05) is 31.1 Å². The highest BCUT2D eigenvalue weighted by molar-refractivity contribution is 7.89. The van der Waals surface area contributed by atoms with E-state index in [1.165, 1.54) is 0 Å². The molecule has 0 amide bonds. The van der Waals surface area contributed by atoms with Gasteiger partial charge < -0.3 is 9.32 Å². The van der Waals surface area contributed by atoms with Crippen LogP contribution in [0.4, 0.5) is 5.88 Å². The lowest BCUT2D eigenvalue weighted by molar-refractivity contribution is 0.288. The van der Waals surface area contributed by atoms with Gasteiger partial charge in [0.05, 0.1) is 4.90 Å². The molecule has 1 aromatic carbocycles. The molecule has 0 bridgehead atoms. The minimum atomic E-state index is -3.48. The molecule has 4 rings (SSSR count). The molecular formula is C20H24N4O3S. The maximum atomic E-state index is 12.9. The molecule has 0 saturated carbocycles. The summed E-state index contributed by atoms with van der Waals surface area (Å²) in [4.78, 5) is 6.61. The summed E-state index contributed by atoms with van der Waals surface area (Å²) in [7, 11) is -3.48. The second-order valence-corrected chi connectivity index (χ2v) is 9.53. The van der Waals surface area contributed by atoms with E-state index in [9.17, 15) is 13.7 Å². The average Bonchev–Trinajstić information content (AvgIpc) is 3.38. The number of aromatic nitrogens is 1. The number of piperidine rings is 1. The van der Waals surface area contributed by atoms with Crippen molar-refractivity contribution < 1.29 is 12.8 Å². The summed E-state index contributed by atoms with van der Waals surface area (Å²) in [6.07, 6.45) is 3.93. The molecular weight excluding hydrogens is 376 g/mol. The molecule has 0 atom stereocenters. The van der Waals surface area contributed by atoms with Gasteiger partial charge in [0.1, 0.15) is 6.07 Å². The minimum Gasteiger partial charge on any atom is -0.419 e. The van der Waals surface area contributed by atoms with Crippen molar-refractivity contribution in [3.05, 3.63) is 30.0 Å². The number of rotatable bonds is 4. The summed E-state index contributed by atoms with van der Waals surface area (Å²) < 4.78 is 33.1. The Hall–Kier alpha value is -2.37. The van der Waals surface area contributed by atoms with Crippen LogP contribution in [0.1, 0.15) is 38.3 Å². The van der Waals surface area contributed by atoms with Crippen molar-refractivity contribution in [1.82, 2.24) is 9.29 Å². The number of benzene rings is 1. The number of sulfonamides is 1. The lowest BCUT2D eigenvalue weighted by Crippen LogP contribution is -2.37. The summed E-state index contributed by atoms with van der Waals surface area (Å²) in [6, 6.07) is 8.67. The molecule has 2 saturated heterocycles. The molecule has 2 fully saturated rings.